The van der Waals surface area contributed by atoms with E-state index in [-0.39, 0.29) is 0 Å². The molecular weight excluding hydrogens is 336 g/mol. The first-order chi connectivity index (χ1) is 12.8. The van der Waals surface area contributed by atoms with Gasteiger partial charge < -0.3 is 4.74 Å². The van der Waals surface area contributed by atoms with Gasteiger partial charge in [0.2, 0.25) is 6.08 Å². The van der Waals surface area contributed by atoms with Crippen molar-refractivity contribution in [3.63, 3.8) is 0 Å². The number of benzene rings is 2. The molecular formula is C23H26N2O2. The molecule has 4 nitrogen and oxygen atoms in total. The highest BCUT2D eigenvalue weighted by molar-refractivity contribution is 5.58. The summed E-state index contributed by atoms with van der Waals surface area (Å²) in [4.78, 5) is 14.5. The van der Waals surface area contributed by atoms with Crippen LogP contribution in [-0.2, 0) is 11.2 Å². The lowest BCUT2D eigenvalue weighted by molar-refractivity contribution is 0.501. The topological polar surface area (TPSA) is 62.4 Å². The number of nitrogens with zero attached hydrogens (tertiary/aromatic N) is 2. The van der Waals surface area contributed by atoms with Gasteiger partial charge in [0.15, 0.2) is 0 Å². The van der Waals surface area contributed by atoms with E-state index >= 15 is 0 Å². The van der Waals surface area contributed by atoms with Crippen LogP contribution in [0, 0.1) is 25.4 Å². The molecule has 0 aromatic heterocycles. The van der Waals surface area contributed by atoms with Crippen LogP contribution in [0.15, 0.2) is 29.3 Å². The van der Waals surface area contributed by atoms with Crippen LogP contribution in [0.25, 0.3) is 0 Å². The number of ether oxygens (including phenoxy) is 1. The molecule has 0 aliphatic heterocycles. The van der Waals surface area contributed by atoms with Crippen molar-refractivity contribution in [2.75, 3.05) is 0 Å². The second-order valence-electron chi connectivity index (χ2n) is 7.54. The van der Waals surface area contributed by atoms with Crippen molar-refractivity contribution < 1.29 is 9.53 Å². The molecule has 0 bridgehead atoms. The molecule has 2 rings (SSSR count). The number of rotatable bonds is 6. The van der Waals surface area contributed by atoms with Crippen molar-refractivity contribution in [1.82, 2.24) is 0 Å². The molecule has 0 unspecified atom stereocenters. The number of nitriles is 1. The zero-order chi connectivity index (χ0) is 20.1. The van der Waals surface area contributed by atoms with Gasteiger partial charge in [-0.1, -0.05) is 39.8 Å². The van der Waals surface area contributed by atoms with Gasteiger partial charge in [0.05, 0.1) is 5.69 Å². The van der Waals surface area contributed by atoms with Crippen LogP contribution in [0.2, 0.25) is 0 Å². The Kier molecular flexibility index (Phi) is 6.55. The summed E-state index contributed by atoms with van der Waals surface area (Å²) in [5.74, 6) is 1.23. The van der Waals surface area contributed by atoms with Crippen molar-refractivity contribution in [1.29, 1.82) is 5.26 Å². The van der Waals surface area contributed by atoms with Crippen molar-refractivity contribution >= 4 is 11.8 Å². The normalized spacial score (nSPS) is 10.6. The largest absolute Gasteiger partial charge is 0.388 e. The lowest BCUT2D eigenvalue weighted by Gasteiger charge is -2.19. The van der Waals surface area contributed by atoms with Gasteiger partial charge in [-0.05, 0) is 77.6 Å². The van der Waals surface area contributed by atoms with Gasteiger partial charge in [-0.25, -0.2) is 4.79 Å². The maximum absolute atomic E-state index is 10.7. The Balaban J connectivity index is 2.59. The number of aliphatic imine (C=N–C) groups is 1. The van der Waals surface area contributed by atoms with Crippen LogP contribution >= 0.6 is 0 Å². The van der Waals surface area contributed by atoms with Gasteiger partial charge in [0.25, 0.3) is 6.26 Å². The summed E-state index contributed by atoms with van der Waals surface area (Å²) < 4.78 is 5.11. The zero-order valence-corrected chi connectivity index (χ0v) is 16.9. The highest BCUT2D eigenvalue weighted by atomic mass is 16.5. The number of hydrogen-bond donors (Lipinski definition) is 0. The summed E-state index contributed by atoms with van der Waals surface area (Å²) in [5, 5.41) is 8.87. The average molecular weight is 362 g/mol. The molecule has 0 fully saturated rings. The molecule has 4 heteroatoms. The predicted molar refractivity (Wildman–Crippen MR) is 107 cm³/mol. The molecule has 27 heavy (non-hydrogen) atoms. The molecule has 0 atom stereocenters. The van der Waals surface area contributed by atoms with Crippen LogP contribution in [0.3, 0.4) is 0 Å². The Morgan fingerprint density at radius 3 is 2.04 bits per heavy atom. The van der Waals surface area contributed by atoms with Crippen LogP contribution in [0.4, 0.5) is 5.69 Å². The minimum absolute atomic E-state index is 0.309. The molecule has 0 saturated heterocycles. The molecule has 2 aromatic carbocycles. The summed E-state index contributed by atoms with van der Waals surface area (Å²) in [5.41, 5.74) is 7.39. The molecule has 0 heterocycles. The van der Waals surface area contributed by atoms with Crippen LogP contribution < -0.4 is 4.74 Å². The maximum Gasteiger partial charge on any atom is 0.292 e. The molecule has 0 saturated carbocycles. The lowest BCUT2D eigenvalue weighted by atomic mass is 9.86. The first-order valence-corrected chi connectivity index (χ1v) is 9.19. The van der Waals surface area contributed by atoms with Gasteiger partial charge in [-0.15, -0.1) is 5.26 Å². The highest BCUT2D eigenvalue weighted by Gasteiger charge is 2.16. The van der Waals surface area contributed by atoms with E-state index in [1.807, 2.05) is 26.0 Å². The van der Waals surface area contributed by atoms with Crippen LogP contribution in [-0.4, -0.2) is 6.08 Å². The number of aryl methyl sites for hydroxylation is 2. The smallest absolute Gasteiger partial charge is 0.292 e. The summed E-state index contributed by atoms with van der Waals surface area (Å²) in [6.07, 6.45) is 4.19. The highest BCUT2D eigenvalue weighted by Crippen LogP contribution is 2.34. The van der Waals surface area contributed by atoms with Gasteiger partial charge in [0.1, 0.15) is 5.75 Å². The van der Waals surface area contributed by atoms with E-state index < -0.39 is 0 Å². The van der Waals surface area contributed by atoms with Gasteiger partial charge in [-0.2, -0.15) is 4.99 Å². The Bertz CT molecular complexity index is 930. The van der Waals surface area contributed by atoms with E-state index in [1.165, 1.54) is 22.3 Å². The van der Waals surface area contributed by atoms with Crippen LogP contribution in [0.5, 0.6) is 5.75 Å². The van der Waals surface area contributed by atoms with E-state index in [0.717, 1.165) is 17.5 Å². The zero-order valence-electron chi connectivity index (χ0n) is 16.9. The molecule has 0 radical (unpaired) electrons. The third kappa shape index (κ3) is 4.64. The Labute approximate surface area is 161 Å². The summed E-state index contributed by atoms with van der Waals surface area (Å²) >= 11 is 0. The Hall–Kier alpha value is -2.89. The van der Waals surface area contributed by atoms with Gasteiger partial charge >= 0.3 is 0 Å². The molecule has 0 aliphatic rings. The SMILES string of the molecule is Cc1cc(Cc2cc(C)c(OC#N)cc2C(C)C)c(C(C)C)cc1N=C=O. The van der Waals surface area contributed by atoms with Gasteiger partial charge in [-0.3, -0.25) is 0 Å². The number of hydrogen-bond acceptors (Lipinski definition) is 4. The van der Waals surface area contributed by atoms with Crippen LogP contribution in [0.1, 0.15) is 72.9 Å². The van der Waals surface area contributed by atoms with Crippen molar-refractivity contribution in [3.8, 4) is 12.0 Å². The fourth-order valence-corrected chi connectivity index (χ4v) is 3.45. The van der Waals surface area contributed by atoms with E-state index in [9.17, 15) is 4.79 Å². The molecule has 0 amide bonds. The first kappa shape index (κ1) is 20.4. The second-order valence-corrected chi connectivity index (χ2v) is 7.54. The Morgan fingerprint density at radius 2 is 1.52 bits per heavy atom. The standard InChI is InChI=1S/C23H26N2O2/c1-14(2)20-10-22(25-13-26)16(5)7-18(20)9-19-8-17(6)23(27-12-24)11-21(19)15(3)4/h7-8,10-11,14-15H,9H2,1-6H3. The predicted octanol–water partition coefficient (Wildman–Crippen LogP) is 5.97. The van der Waals surface area contributed by atoms with Crippen molar-refractivity contribution in [2.45, 2.75) is 59.8 Å². The van der Waals surface area contributed by atoms with E-state index in [0.29, 0.717) is 23.3 Å². The average Bonchev–Trinajstić information content (AvgIpc) is 2.59. The molecule has 0 aliphatic carbocycles. The molecule has 0 N–H and O–H groups in total. The van der Waals surface area contributed by atoms with Crippen molar-refractivity contribution in [3.05, 3.63) is 57.6 Å². The van der Waals surface area contributed by atoms with Crippen molar-refractivity contribution in [2.24, 2.45) is 4.99 Å². The first-order valence-electron chi connectivity index (χ1n) is 9.19. The monoisotopic (exact) mass is 362 g/mol. The lowest BCUT2D eigenvalue weighted by Crippen LogP contribution is -2.04. The molecule has 140 valence electrons. The Morgan fingerprint density at radius 1 is 0.963 bits per heavy atom. The third-order valence-electron chi connectivity index (χ3n) is 4.84. The van der Waals surface area contributed by atoms with Gasteiger partial charge in [0, 0.05) is 0 Å². The summed E-state index contributed by atoms with van der Waals surface area (Å²) in [6, 6.07) is 8.20. The quantitative estimate of drug-likeness (QED) is 0.361. The minimum Gasteiger partial charge on any atom is -0.388 e. The fraction of sp³-hybridized carbons (Fsp3) is 0.391. The van der Waals surface area contributed by atoms with E-state index in [1.54, 1.807) is 12.3 Å². The minimum atomic E-state index is 0.309. The van der Waals surface area contributed by atoms with E-state index in [2.05, 4.69) is 44.8 Å². The van der Waals surface area contributed by atoms with E-state index in [4.69, 9.17) is 10.00 Å². The number of isocyanates is 1. The molecule has 2 aromatic rings. The maximum atomic E-state index is 10.7. The molecule has 0 spiro atoms. The summed E-state index contributed by atoms with van der Waals surface area (Å²) in [7, 11) is 0. The summed E-state index contributed by atoms with van der Waals surface area (Å²) in [6.45, 7) is 12.5. The third-order valence-corrected chi connectivity index (χ3v) is 4.84. The number of carbonyl (C=O) groups excluding carboxylic acids is 1. The fourth-order valence-electron chi connectivity index (χ4n) is 3.45. The second kappa shape index (κ2) is 8.66.